The van der Waals surface area contributed by atoms with Gasteiger partial charge in [-0.2, -0.15) is 0 Å². The molecule has 1 aliphatic rings. The zero-order valence-corrected chi connectivity index (χ0v) is 9.96. The Labute approximate surface area is 99.4 Å². The summed E-state index contributed by atoms with van der Waals surface area (Å²) in [5.74, 6) is 0. The van der Waals surface area contributed by atoms with Crippen LogP contribution in [0.5, 0.6) is 0 Å². The fraction of sp³-hybridized carbons (Fsp3) is 0.455. The molecule has 1 atom stereocenters. The highest BCUT2D eigenvalue weighted by Gasteiger charge is 2.30. The quantitative estimate of drug-likeness (QED) is 0.867. The molecular formula is C11H13Cl2NO. The predicted molar refractivity (Wildman–Crippen MR) is 62.5 cm³/mol. The van der Waals surface area contributed by atoms with Crippen LogP contribution in [0.15, 0.2) is 18.2 Å². The molecule has 4 heteroatoms. The maximum absolute atomic E-state index is 9.25. The van der Waals surface area contributed by atoms with Crippen molar-refractivity contribution >= 4 is 23.2 Å². The van der Waals surface area contributed by atoms with Gasteiger partial charge in [-0.05, 0) is 19.1 Å². The lowest BCUT2D eigenvalue weighted by molar-refractivity contribution is -0.0211. The average molecular weight is 246 g/mol. The molecule has 0 amide bonds. The van der Waals surface area contributed by atoms with Crippen molar-refractivity contribution in [1.29, 1.82) is 0 Å². The highest BCUT2D eigenvalue weighted by Crippen LogP contribution is 2.35. The number of aliphatic hydroxyl groups is 1. The SMILES string of the molecule is CC(c1c(Cl)cccc1Cl)N1CC(O)C1. The van der Waals surface area contributed by atoms with Crippen molar-refractivity contribution < 1.29 is 5.11 Å². The Kier molecular flexibility index (Phi) is 3.21. The number of hydrogen-bond donors (Lipinski definition) is 1. The predicted octanol–water partition coefficient (Wildman–Crippen LogP) is 2.73. The van der Waals surface area contributed by atoms with Crippen molar-refractivity contribution in [3.63, 3.8) is 0 Å². The molecule has 1 fully saturated rings. The molecule has 2 nitrogen and oxygen atoms in total. The Bertz CT molecular complexity index is 343. The second-order valence-corrected chi connectivity index (χ2v) is 4.73. The summed E-state index contributed by atoms with van der Waals surface area (Å²) in [5.41, 5.74) is 0.952. The van der Waals surface area contributed by atoms with Crippen LogP contribution in [-0.4, -0.2) is 29.2 Å². The minimum atomic E-state index is -0.200. The second-order valence-electron chi connectivity index (χ2n) is 3.92. The highest BCUT2D eigenvalue weighted by atomic mass is 35.5. The fourth-order valence-electron chi connectivity index (χ4n) is 1.90. The van der Waals surface area contributed by atoms with Crippen LogP contribution in [0.2, 0.25) is 10.0 Å². The van der Waals surface area contributed by atoms with Gasteiger partial charge >= 0.3 is 0 Å². The van der Waals surface area contributed by atoms with E-state index in [1.807, 2.05) is 18.2 Å². The molecule has 82 valence electrons. The summed E-state index contributed by atoms with van der Waals surface area (Å²) >= 11 is 12.2. The van der Waals surface area contributed by atoms with Gasteiger partial charge in [0.15, 0.2) is 0 Å². The molecule has 0 aromatic heterocycles. The van der Waals surface area contributed by atoms with E-state index in [9.17, 15) is 5.11 Å². The molecule has 1 aromatic rings. The lowest BCUT2D eigenvalue weighted by atomic mass is 10.0. The molecule has 2 rings (SSSR count). The van der Waals surface area contributed by atoms with Gasteiger partial charge in [-0.25, -0.2) is 0 Å². The fourth-order valence-corrected chi connectivity index (χ4v) is 2.61. The third-order valence-corrected chi connectivity index (χ3v) is 3.51. The minimum absolute atomic E-state index is 0.162. The molecule has 0 bridgehead atoms. The van der Waals surface area contributed by atoms with Gasteiger partial charge in [0, 0.05) is 34.7 Å². The molecule has 0 saturated carbocycles. The maximum Gasteiger partial charge on any atom is 0.0794 e. The number of rotatable bonds is 2. The average Bonchev–Trinajstić information content (AvgIpc) is 2.12. The van der Waals surface area contributed by atoms with Gasteiger partial charge in [-0.3, -0.25) is 4.90 Å². The molecule has 0 spiro atoms. The van der Waals surface area contributed by atoms with Crippen molar-refractivity contribution in [3.8, 4) is 0 Å². The van der Waals surface area contributed by atoms with E-state index in [1.165, 1.54) is 0 Å². The van der Waals surface area contributed by atoms with E-state index in [1.54, 1.807) is 0 Å². The summed E-state index contributed by atoms with van der Waals surface area (Å²) in [4.78, 5) is 2.15. The number of benzene rings is 1. The normalized spacial score (nSPS) is 20.0. The largest absolute Gasteiger partial charge is 0.390 e. The van der Waals surface area contributed by atoms with Crippen LogP contribution in [0.25, 0.3) is 0 Å². The lowest BCUT2D eigenvalue weighted by Gasteiger charge is -2.41. The number of β-amino-alcohol motifs (C(OH)–C–C–N with tert-alkyl or cyclic N) is 1. The van der Waals surface area contributed by atoms with Gasteiger partial charge in [0.2, 0.25) is 0 Å². The maximum atomic E-state index is 9.25. The Morgan fingerprint density at radius 2 is 1.87 bits per heavy atom. The molecule has 1 unspecified atom stereocenters. The minimum Gasteiger partial charge on any atom is -0.390 e. The first-order valence-electron chi connectivity index (χ1n) is 4.95. The lowest BCUT2D eigenvalue weighted by Crippen LogP contribution is -2.51. The topological polar surface area (TPSA) is 23.5 Å². The number of aliphatic hydroxyl groups excluding tert-OH is 1. The van der Waals surface area contributed by atoms with E-state index in [-0.39, 0.29) is 12.1 Å². The van der Waals surface area contributed by atoms with E-state index in [2.05, 4.69) is 11.8 Å². The standard InChI is InChI=1S/C11H13Cl2NO/c1-7(14-5-8(15)6-14)11-9(12)3-2-4-10(11)13/h2-4,7-8,15H,5-6H2,1H3. The summed E-state index contributed by atoms with van der Waals surface area (Å²) in [7, 11) is 0. The van der Waals surface area contributed by atoms with Crippen LogP contribution in [0.1, 0.15) is 18.5 Å². The molecule has 15 heavy (non-hydrogen) atoms. The van der Waals surface area contributed by atoms with Gasteiger partial charge in [0.05, 0.1) is 6.10 Å². The van der Waals surface area contributed by atoms with Gasteiger partial charge in [0.1, 0.15) is 0 Å². The summed E-state index contributed by atoms with van der Waals surface area (Å²) in [6.45, 7) is 3.45. The third kappa shape index (κ3) is 2.13. The van der Waals surface area contributed by atoms with E-state index in [0.29, 0.717) is 23.1 Å². The summed E-state index contributed by atoms with van der Waals surface area (Å²) < 4.78 is 0. The highest BCUT2D eigenvalue weighted by molar-refractivity contribution is 6.36. The van der Waals surface area contributed by atoms with E-state index in [0.717, 1.165) is 5.56 Å². The number of halogens is 2. The third-order valence-electron chi connectivity index (χ3n) is 2.86. The van der Waals surface area contributed by atoms with Crippen LogP contribution < -0.4 is 0 Å². The molecule has 1 aromatic carbocycles. The van der Waals surface area contributed by atoms with Crippen LogP contribution in [0, 0.1) is 0 Å². The van der Waals surface area contributed by atoms with Gasteiger partial charge < -0.3 is 5.11 Å². The first kappa shape index (κ1) is 11.2. The van der Waals surface area contributed by atoms with Crippen molar-refractivity contribution in [2.24, 2.45) is 0 Å². The molecule has 1 saturated heterocycles. The van der Waals surface area contributed by atoms with Crippen LogP contribution in [0.4, 0.5) is 0 Å². The number of likely N-dealkylation sites (tertiary alicyclic amines) is 1. The van der Waals surface area contributed by atoms with E-state index < -0.39 is 0 Å². The molecule has 0 radical (unpaired) electrons. The Hall–Kier alpha value is -0.280. The Balaban J connectivity index is 2.21. The van der Waals surface area contributed by atoms with Crippen molar-refractivity contribution in [2.45, 2.75) is 19.1 Å². The van der Waals surface area contributed by atoms with Gasteiger partial charge in [0.25, 0.3) is 0 Å². The van der Waals surface area contributed by atoms with Crippen molar-refractivity contribution in [3.05, 3.63) is 33.8 Å². The molecule has 1 aliphatic heterocycles. The van der Waals surface area contributed by atoms with Gasteiger partial charge in [-0.15, -0.1) is 0 Å². The smallest absolute Gasteiger partial charge is 0.0794 e. The zero-order valence-electron chi connectivity index (χ0n) is 8.45. The van der Waals surface area contributed by atoms with Crippen LogP contribution >= 0.6 is 23.2 Å². The first-order chi connectivity index (χ1) is 7.09. The second kappa shape index (κ2) is 4.30. The monoisotopic (exact) mass is 245 g/mol. The van der Waals surface area contributed by atoms with Crippen molar-refractivity contribution in [1.82, 2.24) is 4.90 Å². The number of nitrogens with zero attached hydrogens (tertiary/aromatic N) is 1. The number of hydrogen-bond acceptors (Lipinski definition) is 2. The first-order valence-corrected chi connectivity index (χ1v) is 5.71. The van der Waals surface area contributed by atoms with E-state index >= 15 is 0 Å². The molecule has 1 N–H and O–H groups in total. The van der Waals surface area contributed by atoms with Crippen molar-refractivity contribution in [2.75, 3.05) is 13.1 Å². The van der Waals surface area contributed by atoms with Crippen LogP contribution in [0.3, 0.4) is 0 Å². The van der Waals surface area contributed by atoms with Gasteiger partial charge in [-0.1, -0.05) is 29.3 Å². The Morgan fingerprint density at radius 1 is 1.33 bits per heavy atom. The summed E-state index contributed by atoms with van der Waals surface area (Å²) in [5, 5.41) is 10.6. The summed E-state index contributed by atoms with van der Waals surface area (Å²) in [6, 6.07) is 5.69. The Morgan fingerprint density at radius 3 is 2.33 bits per heavy atom. The van der Waals surface area contributed by atoms with Crippen LogP contribution in [-0.2, 0) is 0 Å². The molecule has 0 aliphatic carbocycles. The summed E-state index contributed by atoms with van der Waals surface area (Å²) in [6.07, 6.45) is -0.200. The molecule has 1 heterocycles. The van der Waals surface area contributed by atoms with E-state index in [4.69, 9.17) is 23.2 Å². The zero-order chi connectivity index (χ0) is 11.0. The molecular weight excluding hydrogens is 233 g/mol.